The highest BCUT2D eigenvalue weighted by atomic mass is 28.4. The molecule has 0 aliphatic rings. The Morgan fingerprint density at radius 1 is 0.966 bits per heavy atom. The summed E-state index contributed by atoms with van der Waals surface area (Å²) < 4.78 is 6.58. The molecule has 0 fully saturated rings. The van der Waals surface area contributed by atoms with Crippen LogP contribution in [0.3, 0.4) is 0 Å². The summed E-state index contributed by atoms with van der Waals surface area (Å²) in [5.41, 5.74) is 3.77. The first-order valence-electron chi connectivity index (χ1n) is 10.5. The van der Waals surface area contributed by atoms with Gasteiger partial charge in [0.25, 0.3) is 0 Å². The maximum atomic E-state index is 6.58. The summed E-state index contributed by atoms with van der Waals surface area (Å²) in [5, 5.41) is 0. The molecule has 0 aromatic heterocycles. The van der Waals surface area contributed by atoms with Gasteiger partial charge >= 0.3 is 0 Å². The summed E-state index contributed by atoms with van der Waals surface area (Å²) in [6.45, 7) is 19.9. The van der Waals surface area contributed by atoms with Crippen molar-refractivity contribution in [2.45, 2.75) is 52.2 Å². The van der Waals surface area contributed by atoms with E-state index in [1.54, 1.807) is 0 Å². The molecule has 2 aromatic rings. The van der Waals surface area contributed by atoms with Crippen LogP contribution in [-0.2, 0) is 17.5 Å². The Morgan fingerprint density at radius 2 is 1.45 bits per heavy atom. The first-order valence-corrected chi connectivity index (χ1v) is 13.9. The second-order valence-corrected chi connectivity index (χ2v) is 13.4. The van der Waals surface area contributed by atoms with E-state index in [0.29, 0.717) is 5.92 Å². The van der Waals surface area contributed by atoms with Gasteiger partial charge in [-0.25, -0.2) is 0 Å². The molecule has 29 heavy (non-hydrogen) atoms. The molecule has 0 radical (unpaired) electrons. The lowest BCUT2D eigenvalue weighted by Crippen LogP contribution is -2.41. The molecule has 0 bridgehead atoms. The maximum absolute atomic E-state index is 6.58. The summed E-state index contributed by atoms with van der Waals surface area (Å²) in [6, 6.07) is 21.4. The second kappa shape index (κ2) is 11.3. The normalized spacial score (nSPS) is 13.8. The molecular weight excluding hydrogens is 370 g/mol. The van der Waals surface area contributed by atoms with Crippen LogP contribution >= 0.6 is 0 Å². The van der Waals surface area contributed by atoms with Crippen LogP contribution in [0.15, 0.2) is 85.5 Å². The van der Waals surface area contributed by atoms with Crippen LogP contribution in [0.4, 0.5) is 0 Å². The van der Waals surface area contributed by atoms with Crippen molar-refractivity contribution in [2.75, 3.05) is 6.54 Å². The number of hydrogen-bond donors (Lipinski definition) is 0. The van der Waals surface area contributed by atoms with Gasteiger partial charge in [-0.15, -0.1) is 6.58 Å². The van der Waals surface area contributed by atoms with Crippen molar-refractivity contribution in [2.24, 2.45) is 5.92 Å². The van der Waals surface area contributed by atoms with Crippen molar-refractivity contribution >= 4 is 8.32 Å². The molecule has 0 saturated heterocycles. The average molecular weight is 408 g/mol. The maximum Gasteiger partial charge on any atom is 0.184 e. The molecule has 2 aromatic carbocycles. The Morgan fingerprint density at radius 3 is 1.83 bits per heavy atom. The molecule has 0 unspecified atom stereocenters. The van der Waals surface area contributed by atoms with Gasteiger partial charge in [-0.2, -0.15) is 0 Å². The van der Waals surface area contributed by atoms with Crippen molar-refractivity contribution in [1.82, 2.24) is 4.90 Å². The predicted molar refractivity (Wildman–Crippen MR) is 128 cm³/mol. The van der Waals surface area contributed by atoms with E-state index in [1.807, 2.05) is 6.08 Å². The molecule has 0 amide bonds. The minimum Gasteiger partial charge on any atom is -0.411 e. The van der Waals surface area contributed by atoms with Crippen molar-refractivity contribution < 1.29 is 4.43 Å². The summed E-state index contributed by atoms with van der Waals surface area (Å²) in [5.74, 6) is 0.337. The molecule has 0 N–H and O–H groups in total. The van der Waals surface area contributed by atoms with Gasteiger partial charge < -0.3 is 4.43 Å². The third-order valence-corrected chi connectivity index (χ3v) is 5.82. The van der Waals surface area contributed by atoms with Gasteiger partial charge in [-0.3, -0.25) is 4.90 Å². The lowest BCUT2D eigenvalue weighted by molar-refractivity contribution is 0.113. The monoisotopic (exact) mass is 407 g/mol. The molecule has 0 aliphatic carbocycles. The van der Waals surface area contributed by atoms with E-state index < -0.39 is 8.32 Å². The van der Waals surface area contributed by atoms with Gasteiger partial charge in [-0.1, -0.05) is 78.9 Å². The van der Waals surface area contributed by atoms with E-state index in [2.05, 4.69) is 105 Å². The minimum absolute atomic E-state index is 0.0636. The fraction of sp³-hybridized carbons (Fsp3) is 0.385. The second-order valence-electron chi connectivity index (χ2n) is 8.92. The first-order chi connectivity index (χ1) is 13.8. The molecule has 2 atom stereocenters. The van der Waals surface area contributed by atoms with E-state index >= 15 is 0 Å². The highest BCUT2D eigenvalue weighted by Gasteiger charge is 2.29. The number of hydrogen-bond acceptors (Lipinski definition) is 2. The Bertz CT molecular complexity index is 710. The van der Waals surface area contributed by atoms with Crippen molar-refractivity contribution in [3.05, 3.63) is 96.6 Å². The number of rotatable bonds is 12. The highest BCUT2D eigenvalue weighted by molar-refractivity contribution is 6.69. The highest BCUT2D eigenvalue weighted by Crippen LogP contribution is 2.26. The summed E-state index contributed by atoms with van der Waals surface area (Å²) >= 11 is 0. The van der Waals surface area contributed by atoms with Crippen LogP contribution in [0.2, 0.25) is 19.6 Å². The fourth-order valence-corrected chi connectivity index (χ4v) is 4.84. The molecule has 2 rings (SSSR count). The van der Waals surface area contributed by atoms with Crippen LogP contribution in [-0.4, -0.2) is 25.9 Å². The number of benzene rings is 2. The third kappa shape index (κ3) is 8.53. The molecule has 3 heteroatoms. The molecule has 0 saturated carbocycles. The summed E-state index contributed by atoms with van der Waals surface area (Å²) in [4.78, 5) is 2.53. The topological polar surface area (TPSA) is 12.5 Å². The Hall–Kier alpha value is -1.94. The predicted octanol–water partition coefficient (Wildman–Crippen LogP) is 6.68. The van der Waals surface area contributed by atoms with E-state index in [0.717, 1.165) is 31.6 Å². The van der Waals surface area contributed by atoms with Gasteiger partial charge in [-0.05, 0) is 44.1 Å². The molecular formula is C26H37NOSi. The zero-order valence-corrected chi connectivity index (χ0v) is 19.6. The molecule has 0 heterocycles. The lowest BCUT2D eigenvalue weighted by atomic mass is 9.93. The lowest BCUT2D eigenvalue weighted by Gasteiger charge is -2.36. The van der Waals surface area contributed by atoms with Gasteiger partial charge in [0.1, 0.15) is 0 Å². The van der Waals surface area contributed by atoms with Crippen LogP contribution in [0.1, 0.15) is 24.5 Å². The third-order valence-electron chi connectivity index (χ3n) is 4.85. The van der Waals surface area contributed by atoms with Crippen molar-refractivity contribution in [1.29, 1.82) is 0 Å². The van der Waals surface area contributed by atoms with Crippen LogP contribution in [0, 0.1) is 5.92 Å². The van der Waals surface area contributed by atoms with E-state index in [1.165, 1.54) is 11.1 Å². The van der Waals surface area contributed by atoms with E-state index in [9.17, 15) is 0 Å². The van der Waals surface area contributed by atoms with Crippen molar-refractivity contribution in [3.63, 3.8) is 0 Å². The SMILES string of the molecule is C=CC[C@H](CN(Cc1ccccc1)Cc1ccccc1)[C@H](O[Si](C)(C)C)C(=C)C. The molecule has 0 aliphatic heterocycles. The van der Waals surface area contributed by atoms with Gasteiger partial charge in [0.2, 0.25) is 0 Å². The molecule has 2 nitrogen and oxygen atoms in total. The Labute approximate surface area is 179 Å². The zero-order chi connectivity index (χ0) is 21.3. The largest absolute Gasteiger partial charge is 0.411 e. The summed E-state index contributed by atoms with van der Waals surface area (Å²) in [6.07, 6.45) is 3.01. The average Bonchev–Trinajstić information content (AvgIpc) is 2.66. The molecule has 0 spiro atoms. The number of allylic oxidation sites excluding steroid dienone is 1. The quantitative estimate of drug-likeness (QED) is 0.287. The Balaban J connectivity index is 2.25. The van der Waals surface area contributed by atoms with Crippen molar-refractivity contribution in [3.8, 4) is 0 Å². The Kier molecular flexibility index (Phi) is 9.09. The van der Waals surface area contributed by atoms with E-state index in [4.69, 9.17) is 4.43 Å². The number of nitrogens with zero attached hydrogens (tertiary/aromatic N) is 1. The first kappa shape index (κ1) is 23.3. The van der Waals surface area contributed by atoms with Gasteiger partial charge in [0.15, 0.2) is 8.32 Å². The fourth-order valence-electron chi connectivity index (χ4n) is 3.69. The van der Waals surface area contributed by atoms with Crippen LogP contribution in [0.25, 0.3) is 0 Å². The molecule has 156 valence electrons. The minimum atomic E-state index is -1.69. The zero-order valence-electron chi connectivity index (χ0n) is 18.6. The smallest absolute Gasteiger partial charge is 0.184 e. The van der Waals surface area contributed by atoms with E-state index in [-0.39, 0.29) is 6.10 Å². The van der Waals surface area contributed by atoms with Gasteiger partial charge in [0, 0.05) is 25.6 Å². The van der Waals surface area contributed by atoms with Crippen LogP contribution < -0.4 is 0 Å². The standard InChI is InChI=1S/C26H37NOSi/c1-7-14-25(26(22(2)3)28-29(4,5)6)21-27(19-23-15-10-8-11-16-23)20-24-17-12-9-13-18-24/h7-13,15-18,25-26H,1-2,14,19-21H2,3-6H3/t25-,26-/m1/s1. The van der Waals surface area contributed by atoms with Crippen LogP contribution in [0.5, 0.6) is 0 Å². The van der Waals surface area contributed by atoms with Gasteiger partial charge in [0.05, 0.1) is 6.10 Å². The summed E-state index contributed by atoms with van der Waals surface area (Å²) in [7, 11) is -1.69.